The number of thioether (sulfide) groups is 1. The van der Waals surface area contributed by atoms with E-state index in [4.69, 9.17) is 9.47 Å². The lowest BCUT2D eigenvalue weighted by atomic mass is 10.1. The number of hydrogen-bond acceptors (Lipinski definition) is 7. The maximum Gasteiger partial charge on any atom is 0.387 e. The lowest BCUT2D eigenvalue weighted by Gasteiger charge is -2.15. The number of ketones is 1. The van der Waals surface area contributed by atoms with Gasteiger partial charge in [-0.15, -0.1) is 11.8 Å². The zero-order valence-electron chi connectivity index (χ0n) is 17.9. The number of nitrogens with zero attached hydrogens (tertiary/aromatic N) is 1. The lowest BCUT2D eigenvalue weighted by molar-refractivity contribution is -0.127. The van der Waals surface area contributed by atoms with Gasteiger partial charge in [0.25, 0.3) is 0 Å². The minimum Gasteiger partial charge on any atom is -0.493 e. The number of carbonyl (C=O) groups excluding carboxylic acids is 3. The van der Waals surface area contributed by atoms with Crippen LogP contribution in [-0.4, -0.2) is 61.7 Å². The molecule has 0 atom stereocenters. The van der Waals surface area contributed by atoms with Crippen LogP contribution in [0.3, 0.4) is 0 Å². The van der Waals surface area contributed by atoms with Crippen molar-refractivity contribution in [3.63, 3.8) is 0 Å². The number of halogens is 2. The fourth-order valence-electron chi connectivity index (χ4n) is 3.29. The molecule has 1 aliphatic rings. The van der Waals surface area contributed by atoms with Crippen molar-refractivity contribution in [2.24, 2.45) is 0 Å². The quantitative estimate of drug-likeness (QED) is 0.289. The van der Waals surface area contributed by atoms with Gasteiger partial charge < -0.3 is 19.1 Å². The number of rotatable bonds is 10. The van der Waals surface area contributed by atoms with E-state index in [2.05, 4.69) is 4.74 Å². The number of Topliss-reactive ketones (excluding diaryl/α,β-unsaturated/α-hetero) is 1. The number of benzene rings is 2. The number of hydrogen-bond donors (Lipinski definition) is 0. The average molecular weight is 480 g/mol. The molecule has 10 heteroatoms. The van der Waals surface area contributed by atoms with E-state index in [1.165, 1.54) is 37.1 Å². The van der Waals surface area contributed by atoms with E-state index >= 15 is 0 Å². The largest absolute Gasteiger partial charge is 0.493 e. The van der Waals surface area contributed by atoms with E-state index in [9.17, 15) is 23.2 Å². The first kappa shape index (κ1) is 24.5. The molecule has 0 saturated carbocycles. The highest BCUT2D eigenvalue weighted by Crippen LogP contribution is 2.30. The van der Waals surface area contributed by atoms with Crippen molar-refractivity contribution >= 4 is 29.4 Å². The summed E-state index contributed by atoms with van der Waals surface area (Å²) in [5.74, 6) is -1.28. The molecule has 33 heavy (non-hydrogen) atoms. The number of esters is 1. The minimum atomic E-state index is -3.04. The van der Waals surface area contributed by atoms with E-state index in [1.807, 2.05) is 0 Å². The third-order valence-electron chi connectivity index (χ3n) is 4.95. The van der Waals surface area contributed by atoms with Crippen LogP contribution >= 0.6 is 11.8 Å². The van der Waals surface area contributed by atoms with E-state index < -0.39 is 25.0 Å². The molecule has 1 fully saturated rings. The first-order valence-electron chi connectivity index (χ1n) is 10.2. The first-order valence-corrected chi connectivity index (χ1v) is 11.2. The van der Waals surface area contributed by atoms with Crippen LogP contribution in [-0.2, 0) is 9.53 Å². The minimum absolute atomic E-state index is 0.0177. The van der Waals surface area contributed by atoms with Crippen molar-refractivity contribution in [1.29, 1.82) is 0 Å². The molecule has 0 N–H and O–H groups in total. The van der Waals surface area contributed by atoms with Crippen molar-refractivity contribution in [3.05, 3.63) is 53.6 Å². The Labute approximate surface area is 194 Å². The van der Waals surface area contributed by atoms with Crippen LogP contribution in [0, 0.1) is 0 Å². The van der Waals surface area contributed by atoms with Gasteiger partial charge in [0.05, 0.1) is 18.4 Å². The average Bonchev–Trinajstić information content (AvgIpc) is 3.36. The number of ether oxygens (including phenoxy) is 3. The number of alkyl halides is 2. The van der Waals surface area contributed by atoms with Gasteiger partial charge in [-0.05, 0) is 43.2 Å². The maximum absolute atomic E-state index is 12.6. The summed E-state index contributed by atoms with van der Waals surface area (Å²) in [5.41, 5.74) is 0.364. The Morgan fingerprint density at radius 3 is 2.48 bits per heavy atom. The Balaban J connectivity index is 1.60. The molecule has 3 rings (SSSR count). The molecule has 1 amide bonds. The molecule has 7 nitrogen and oxygen atoms in total. The van der Waals surface area contributed by atoms with Gasteiger partial charge in [-0.1, -0.05) is 12.1 Å². The summed E-state index contributed by atoms with van der Waals surface area (Å²) in [4.78, 5) is 39.7. The molecule has 1 heterocycles. The Hall–Kier alpha value is -3.14. The number of carbonyl (C=O) groups is 3. The second kappa shape index (κ2) is 11.6. The molecule has 0 aliphatic carbocycles. The van der Waals surface area contributed by atoms with E-state index in [1.54, 1.807) is 29.2 Å². The first-order chi connectivity index (χ1) is 15.9. The molecule has 2 aromatic rings. The van der Waals surface area contributed by atoms with Crippen molar-refractivity contribution in [2.45, 2.75) is 24.3 Å². The zero-order valence-corrected chi connectivity index (χ0v) is 18.7. The zero-order chi connectivity index (χ0) is 23.8. The summed E-state index contributed by atoms with van der Waals surface area (Å²) in [7, 11) is 1.25. The topological polar surface area (TPSA) is 82.1 Å². The van der Waals surface area contributed by atoms with Crippen LogP contribution in [0.1, 0.15) is 33.6 Å². The maximum atomic E-state index is 12.6. The highest BCUT2D eigenvalue weighted by Gasteiger charge is 2.21. The number of amides is 1. The van der Waals surface area contributed by atoms with Gasteiger partial charge in [-0.2, -0.15) is 8.78 Å². The second-order valence-electron chi connectivity index (χ2n) is 7.12. The van der Waals surface area contributed by atoms with Crippen LogP contribution in [0.5, 0.6) is 11.5 Å². The smallest absolute Gasteiger partial charge is 0.387 e. The molecule has 176 valence electrons. The molecule has 1 saturated heterocycles. The van der Waals surface area contributed by atoms with Crippen molar-refractivity contribution < 1.29 is 37.4 Å². The molecule has 2 aromatic carbocycles. The van der Waals surface area contributed by atoms with Crippen LogP contribution in [0.4, 0.5) is 8.78 Å². The van der Waals surface area contributed by atoms with Gasteiger partial charge in [0.1, 0.15) is 0 Å². The van der Waals surface area contributed by atoms with Gasteiger partial charge >= 0.3 is 12.6 Å². The summed E-state index contributed by atoms with van der Waals surface area (Å²) in [6.45, 7) is -2.08. The Kier molecular flexibility index (Phi) is 8.65. The van der Waals surface area contributed by atoms with E-state index in [0.29, 0.717) is 4.90 Å². The Morgan fingerprint density at radius 1 is 1.06 bits per heavy atom. The van der Waals surface area contributed by atoms with Crippen molar-refractivity contribution in [1.82, 2.24) is 4.90 Å². The van der Waals surface area contributed by atoms with Crippen LogP contribution in [0.25, 0.3) is 0 Å². The fraction of sp³-hybridized carbons (Fsp3) is 0.348. The molecule has 0 bridgehead atoms. The Bertz CT molecular complexity index is 1010. The molecule has 0 unspecified atom stereocenters. The molecular formula is C23H23F2NO6S. The highest BCUT2D eigenvalue weighted by molar-refractivity contribution is 8.00. The SMILES string of the molecule is COc1cc(C(=O)COC(=O)c2ccccc2SCC(=O)N2CCCC2)ccc1OC(F)F. The fourth-order valence-corrected chi connectivity index (χ4v) is 4.23. The van der Waals surface area contributed by atoms with Gasteiger partial charge in [-0.3, -0.25) is 9.59 Å². The van der Waals surface area contributed by atoms with Crippen molar-refractivity contribution in [2.75, 3.05) is 32.6 Å². The summed E-state index contributed by atoms with van der Waals surface area (Å²) in [5, 5.41) is 0. The summed E-state index contributed by atoms with van der Waals surface area (Å²) < 4.78 is 39.4. The molecule has 0 spiro atoms. The predicted octanol–water partition coefficient (Wildman–Crippen LogP) is 4.05. The summed E-state index contributed by atoms with van der Waals surface area (Å²) in [6, 6.07) is 10.4. The van der Waals surface area contributed by atoms with Gasteiger partial charge in [-0.25, -0.2) is 4.79 Å². The van der Waals surface area contributed by atoms with Gasteiger partial charge in [0.15, 0.2) is 23.9 Å². The molecule has 0 radical (unpaired) electrons. The van der Waals surface area contributed by atoms with E-state index in [0.717, 1.165) is 25.9 Å². The van der Waals surface area contributed by atoms with Crippen LogP contribution in [0.2, 0.25) is 0 Å². The Morgan fingerprint density at radius 2 is 1.79 bits per heavy atom. The van der Waals surface area contributed by atoms with Crippen LogP contribution in [0.15, 0.2) is 47.4 Å². The summed E-state index contributed by atoms with van der Waals surface area (Å²) in [6.07, 6.45) is 2.00. The van der Waals surface area contributed by atoms with E-state index in [-0.39, 0.29) is 34.3 Å². The lowest BCUT2D eigenvalue weighted by Crippen LogP contribution is -2.29. The monoisotopic (exact) mass is 479 g/mol. The third-order valence-corrected chi connectivity index (χ3v) is 6.01. The molecule has 0 aromatic heterocycles. The predicted molar refractivity (Wildman–Crippen MR) is 117 cm³/mol. The normalized spacial score (nSPS) is 13.2. The second-order valence-corrected chi connectivity index (χ2v) is 8.13. The third kappa shape index (κ3) is 6.67. The molecular weight excluding hydrogens is 456 g/mol. The summed E-state index contributed by atoms with van der Waals surface area (Å²) >= 11 is 1.24. The highest BCUT2D eigenvalue weighted by atomic mass is 32.2. The van der Waals surface area contributed by atoms with Gasteiger partial charge in [0, 0.05) is 23.5 Å². The number of likely N-dealkylation sites (tertiary alicyclic amines) is 1. The van der Waals surface area contributed by atoms with Crippen LogP contribution < -0.4 is 9.47 Å². The van der Waals surface area contributed by atoms with Crippen molar-refractivity contribution in [3.8, 4) is 11.5 Å². The molecule has 1 aliphatic heterocycles. The van der Waals surface area contributed by atoms with Gasteiger partial charge in [0.2, 0.25) is 5.91 Å². The standard InChI is InChI=1S/C23H23F2NO6S/c1-30-19-12-15(8-9-18(19)32-23(24)25)17(27)13-31-22(29)16-6-2-3-7-20(16)33-14-21(28)26-10-4-5-11-26/h2-3,6-9,12,23H,4-5,10-11,13-14H2,1H3. The number of methoxy groups -OCH3 is 1.